The first-order valence-corrected chi connectivity index (χ1v) is 11.1. The molecule has 10 heteroatoms. The average molecular weight is 485 g/mol. The number of hydrogen-bond acceptors (Lipinski definition) is 7. The lowest BCUT2D eigenvalue weighted by atomic mass is 10.1. The van der Waals surface area contributed by atoms with E-state index in [9.17, 15) is 13.6 Å². The summed E-state index contributed by atoms with van der Waals surface area (Å²) in [7, 11) is 1.36. The fraction of sp³-hybridized carbons (Fsp3) is 0.320. The van der Waals surface area contributed by atoms with Crippen molar-refractivity contribution in [3.63, 3.8) is 0 Å². The number of piperazine rings is 1. The van der Waals surface area contributed by atoms with Gasteiger partial charge in [-0.25, -0.2) is 0 Å². The molecule has 2 heterocycles. The molecular weight excluding hydrogens is 458 g/mol. The Balaban J connectivity index is 1.29. The lowest BCUT2D eigenvalue weighted by molar-refractivity contribution is -0.127. The van der Waals surface area contributed by atoms with Crippen LogP contribution in [0.1, 0.15) is 17.0 Å². The summed E-state index contributed by atoms with van der Waals surface area (Å²) in [5.41, 5.74) is 2.66. The second-order valence-electron chi connectivity index (χ2n) is 8.05. The number of carbonyl (C=O) groups is 1. The minimum Gasteiger partial charge on any atom is -0.493 e. The highest BCUT2D eigenvalue weighted by molar-refractivity contribution is 5.92. The van der Waals surface area contributed by atoms with Gasteiger partial charge < -0.3 is 18.9 Å². The minimum absolute atomic E-state index is 0.0608. The number of rotatable bonds is 8. The maximum Gasteiger partial charge on any atom is 0.387 e. The number of aryl methyl sites for hydroxylation is 1. The van der Waals surface area contributed by atoms with E-state index < -0.39 is 6.61 Å². The summed E-state index contributed by atoms with van der Waals surface area (Å²) in [6.45, 7) is 2.05. The Kier molecular flexibility index (Phi) is 7.71. The van der Waals surface area contributed by atoms with Gasteiger partial charge in [0.25, 0.3) is 0 Å². The first kappa shape index (κ1) is 24.3. The summed E-state index contributed by atoms with van der Waals surface area (Å²) in [5, 5.41) is 4.10. The van der Waals surface area contributed by atoms with Gasteiger partial charge in [0.2, 0.25) is 17.6 Å². The van der Waals surface area contributed by atoms with E-state index in [2.05, 4.69) is 19.8 Å². The van der Waals surface area contributed by atoms with Crippen molar-refractivity contribution in [3.8, 4) is 22.9 Å². The normalized spacial score (nSPS) is 14.6. The summed E-state index contributed by atoms with van der Waals surface area (Å²) in [5.74, 6) is 1.09. The lowest BCUT2D eigenvalue weighted by Crippen LogP contribution is -2.47. The summed E-state index contributed by atoms with van der Waals surface area (Å²) in [6, 6.07) is 12.4. The lowest BCUT2D eigenvalue weighted by Gasteiger charge is -2.33. The number of ether oxygens (including phenoxy) is 2. The highest BCUT2D eigenvalue weighted by Crippen LogP contribution is 2.30. The number of methoxy groups -OCH3 is 1. The number of halogens is 2. The van der Waals surface area contributed by atoms with Gasteiger partial charge in [-0.1, -0.05) is 35.5 Å². The number of nitrogens with zero attached hydrogens (tertiary/aromatic N) is 4. The van der Waals surface area contributed by atoms with E-state index in [-0.39, 0.29) is 17.4 Å². The topological polar surface area (TPSA) is 80.9 Å². The summed E-state index contributed by atoms with van der Waals surface area (Å²) < 4.78 is 39.9. The third-order valence-electron chi connectivity index (χ3n) is 5.72. The van der Waals surface area contributed by atoms with Crippen molar-refractivity contribution < 1.29 is 27.6 Å². The summed E-state index contributed by atoms with van der Waals surface area (Å²) in [4.78, 5) is 21.1. The Hall–Kier alpha value is -3.79. The molecule has 0 saturated carbocycles. The van der Waals surface area contributed by atoms with Crippen LogP contribution in [0.15, 0.2) is 53.1 Å². The van der Waals surface area contributed by atoms with Crippen molar-refractivity contribution in [1.29, 1.82) is 0 Å². The average Bonchev–Trinajstić information content (AvgIpc) is 3.31. The first-order valence-electron chi connectivity index (χ1n) is 11.1. The van der Waals surface area contributed by atoms with E-state index >= 15 is 0 Å². The van der Waals surface area contributed by atoms with Crippen LogP contribution in [0.5, 0.6) is 11.5 Å². The molecule has 0 radical (unpaired) electrons. The second kappa shape index (κ2) is 11.1. The molecule has 0 atom stereocenters. The van der Waals surface area contributed by atoms with Crippen LogP contribution in [-0.2, 0) is 11.3 Å². The van der Waals surface area contributed by atoms with Crippen molar-refractivity contribution in [1.82, 2.24) is 19.9 Å². The van der Waals surface area contributed by atoms with E-state index in [1.807, 2.05) is 31.2 Å². The molecule has 4 rings (SSSR count). The molecule has 1 aliphatic heterocycles. The van der Waals surface area contributed by atoms with E-state index in [0.29, 0.717) is 50.0 Å². The predicted molar refractivity (Wildman–Crippen MR) is 125 cm³/mol. The maximum absolute atomic E-state index is 12.6. The van der Waals surface area contributed by atoms with Gasteiger partial charge in [0.05, 0.1) is 13.7 Å². The molecular formula is C25H26F2N4O4. The molecule has 0 bridgehead atoms. The highest BCUT2D eigenvalue weighted by Gasteiger charge is 2.22. The zero-order valence-corrected chi connectivity index (χ0v) is 19.5. The first-order chi connectivity index (χ1) is 16.9. The van der Waals surface area contributed by atoms with Crippen molar-refractivity contribution in [2.75, 3.05) is 33.3 Å². The van der Waals surface area contributed by atoms with Gasteiger partial charge in [-0.15, -0.1) is 0 Å². The van der Waals surface area contributed by atoms with Crippen LogP contribution < -0.4 is 9.47 Å². The zero-order valence-electron chi connectivity index (χ0n) is 19.5. The molecule has 2 aromatic carbocycles. The van der Waals surface area contributed by atoms with Gasteiger partial charge in [-0.2, -0.15) is 13.8 Å². The smallest absolute Gasteiger partial charge is 0.387 e. The Morgan fingerprint density at radius 3 is 2.63 bits per heavy atom. The van der Waals surface area contributed by atoms with E-state index in [1.54, 1.807) is 17.0 Å². The maximum atomic E-state index is 12.6. The molecule has 1 fully saturated rings. The monoisotopic (exact) mass is 484 g/mol. The van der Waals surface area contributed by atoms with Gasteiger partial charge in [0.15, 0.2) is 11.5 Å². The van der Waals surface area contributed by atoms with Crippen LogP contribution in [0.25, 0.3) is 17.5 Å². The van der Waals surface area contributed by atoms with Crippen LogP contribution in [0.3, 0.4) is 0 Å². The number of benzene rings is 2. The van der Waals surface area contributed by atoms with Gasteiger partial charge >= 0.3 is 6.61 Å². The van der Waals surface area contributed by atoms with Crippen LogP contribution in [0.4, 0.5) is 8.78 Å². The number of amides is 1. The SMILES string of the molecule is COc1cc(/C=C/C(=O)N2CCN(Cc3nc(-c4ccccc4C)no3)CC2)ccc1OC(F)F. The largest absolute Gasteiger partial charge is 0.493 e. The number of alkyl halides is 2. The van der Waals surface area contributed by atoms with E-state index in [4.69, 9.17) is 9.26 Å². The van der Waals surface area contributed by atoms with Crippen molar-refractivity contribution in [3.05, 3.63) is 65.6 Å². The van der Waals surface area contributed by atoms with Gasteiger partial charge in [-0.3, -0.25) is 9.69 Å². The molecule has 0 N–H and O–H groups in total. The molecule has 0 aliphatic carbocycles. The standard InChI is InChI=1S/C25H26F2N4O4/c1-17-5-3-4-6-19(17)24-28-22(35-29-24)16-30-11-13-31(14-12-30)23(32)10-8-18-7-9-20(34-25(26)27)21(15-18)33-2/h3-10,15,25H,11-14,16H2,1-2H3/b10-8+. The zero-order chi connectivity index (χ0) is 24.8. The van der Waals surface area contributed by atoms with Gasteiger partial charge in [-0.05, 0) is 36.3 Å². The minimum atomic E-state index is -2.94. The van der Waals surface area contributed by atoms with Crippen molar-refractivity contribution >= 4 is 12.0 Å². The molecule has 35 heavy (non-hydrogen) atoms. The fourth-order valence-corrected chi connectivity index (χ4v) is 3.82. The Morgan fingerprint density at radius 1 is 1.14 bits per heavy atom. The molecule has 8 nitrogen and oxygen atoms in total. The molecule has 184 valence electrons. The molecule has 1 aliphatic rings. The second-order valence-corrected chi connectivity index (χ2v) is 8.05. The Bertz CT molecular complexity index is 1190. The third kappa shape index (κ3) is 6.21. The molecule has 1 amide bonds. The highest BCUT2D eigenvalue weighted by atomic mass is 19.3. The van der Waals surface area contributed by atoms with E-state index in [0.717, 1.165) is 11.1 Å². The van der Waals surface area contributed by atoms with Gasteiger partial charge in [0.1, 0.15) is 0 Å². The Labute approximate surface area is 201 Å². The number of aromatic nitrogens is 2. The quantitative estimate of drug-likeness (QED) is 0.447. The van der Waals surface area contributed by atoms with Crippen LogP contribution in [0.2, 0.25) is 0 Å². The van der Waals surface area contributed by atoms with Crippen LogP contribution in [-0.4, -0.2) is 65.7 Å². The van der Waals surface area contributed by atoms with Gasteiger partial charge in [0, 0.05) is 37.8 Å². The Morgan fingerprint density at radius 2 is 1.91 bits per heavy atom. The number of hydrogen-bond donors (Lipinski definition) is 0. The van der Waals surface area contributed by atoms with E-state index in [1.165, 1.54) is 25.3 Å². The molecule has 1 saturated heterocycles. The molecule has 3 aromatic rings. The van der Waals surface area contributed by atoms with Crippen molar-refractivity contribution in [2.45, 2.75) is 20.1 Å². The van der Waals surface area contributed by atoms with Crippen molar-refractivity contribution in [2.24, 2.45) is 0 Å². The van der Waals surface area contributed by atoms with Crippen LogP contribution >= 0.6 is 0 Å². The molecule has 1 aromatic heterocycles. The summed E-state index contributed by atoms with van der Waals surface area (Å²) in [6.07, 6.45) is 3.08. The molecule has 0 unspecified atom stereocenters. The van der Waals surface area contributed by atoms with Crippen LogP contribution in [0, 0.1) is 6.92 Å². The fourth-order valence-electron chi connectivity index (χ4n) is 3.82. The number of carbonyl (C=O) groups excluding carboxylic acids is 1. The predicted octanol–water partition coefficient (Wildman–Crippen LogP) is 4.01. The molecule has 0 spiro atoms. The third-order valence-corrected chi connectivity index (χ3v) is 5.72. The summed E-state index contributed by atoms with van der Waals surface area (Å²) >= 11 is 0.